The molecule has 0 saturated heterocycles. The molecule has 5 rings (SSSR count). The second kappa shape index (κ2) is 14.5. The van der Waals surface area contributed by atoms with Gasteiger partial charge in [0.05, 0.1) is 46.2 Å². The zero-order valence-corrected chi connectivity index (χ0v) is 24.9. The first-order valence-corrected chi connectivity index (χ1v) is 13.5. The van der Waals surface area contributed by atoms with Crippen molar-refractivity contribution in [1.82, 2.24) is 9.78 Å². The van der Waals surface area contributed by atoms with Crippen LogP contribution in [0.5, 0.6) is 23.0 Å². The Morgan fingerprint density at radius 1 is 0.558 bits per heavy atom. The van der Waals surface area contributed by atoms with Crippen LogP contribution >= 0.6 is 0 Å². The number of aryl methyl sites for hydroxylation is 1. The summed E-state index contributed by atoms with van der Waals surface area (Å²) in [6.45, 7) is 0. The number of nitrogens with zero attached hydrogens (tertiary/aromatic N) is 2. The van der Waals surface area contributed by atoms with Crippen molar-refractivity contribution in [3.8, 4) is 45.5 Å². The zero-order valence-electron chi connectivity index (χ0n) is 24.9. The van der Waals surface area contributed by atoms with E-state index in [1.165, 1.54) is 0 Å². The Kier molecular flexibility index (Phi) is 10.3. The lowest BCUT2D eigenvalue weighted by Crippen LogP contribution is -2.08. The lowest BCUT2D eigenvalue weighted by atomic mass is 10.0. The summed E-state index contributed by atoms with van der Waals surface area (Å²) >= 11 is 0. The molecular formula is C35H34N2O6. The average molecular weight is 579 g/mol. The van der Waals surface area contributed by atoms with Crippen LogP contribution in [0.2, 0.25) is 0 Å². The van der Waals surface area contributed by atoms with Crippen LogP contribution in [0.25, 0.3) is 22.5 Å². The molecule has 0 aliphatic carbocycles. The maximum Gasteiger partial charge on any atom is 0.170 e. The average Bonchev–Trinajstić information content (AvgIpc) is 3.46. The molecule has 0 saturated carbocycles. The van der Waals surface area contributed by atoms with Crippen LogP contribution in [0, 0.1) is 0 Å². The fraction of sp³-hybridized carbons (Fsp3) is 0.171. The van der Waals surface area contributed by atoms with Gasteiger partial charge >= 0.3 is 0 Å². The number of Topliss-reactive ketones (excluding diaryl/α,β-unsaturated/α-hetero) is 2. The molecular weight excluding hydrogens is 544 g/mol. The molecule has 0 fully saturated rings. The van der Waals surface area contributed by atoms with Gasteiger partial charge in [-0.15, -0.1) is 0 Å². The van der Waals surface area contributed by atoms with Gasteiger partial charge in [0.25, 0.3) is 0 Å². The van der Waals surface area contributed by atoms with E-state index in [-0.39, 0.29) is 18.0 Å². The van der Waals surface area contributed by atoms with Crippen LogP contribution in [-0.4, -0.2) is 49.8 Å². The fourth-order valence-corrected chi connectivity index (χ4v) is 4.31. The number of hydrogen-bond donors (Lipinski definition) is 0. The van der Waals surface area contributed by atoms with Gasteiger partial charge in [-0.25, -0.2) is 0 Å². The first-order valence-electron chi connectivity index (χ1n) is 13.5. The molecule has 0 bridgehead atoms. The highest BCUT2D eigenvalue weighted by Gasteiger charge is 2.14. The standard InChI is InChI=1S/C18H18N2O2.C17H16O4/c1-20-18(14-6-10-16(22-3)11-7-14)12-17(19-20)13-4-8-15(21-2)9-5-13;1-20-14-7-3-12(4-8-14)16(18)11-17(19)13-5-9-15(21-2)10-6-13/h4-12H,1-3H3;3-10H,11H2,1-2H3. The number of rotatable bonds is 10. The van der Waals surface area contributed by atoms with Crippen LogP contribution in [0.4, 0.5) is 0 Å². The number of carbonyl (C=O) groups is 2. The van der Waals surface area contributed by atoms with Crippen molar-refractivity contribution in [2.24, 2.45) is 7.05 Å². The molecule has 4 aromatic carbocycles. The smallest absolute Gasteiger partial charge is 0.170 e. The quantitative estimate of drug-likeness (QED) is 0.131. The monoisotopic (exact) mass is 578 g/mol. The van der Waals surface area contributed by atoms with Crippen molar-refractivity contribution in [2.45, 2.75) is 6.42 Å². The fourth-order valence-electron chi connectivity index (χ4n) is 4.31. The topological polar surface area (TPSA) is 88.9 Å². The van der Waals surface area contributed by atoms with Gasteiger partial charge in [-0.1, -0.05) is 0 Å². The number of aromatic nitrogens is 2. The van der Waals surface area contributed by atoms with E-state index < -0.39 is 0 Å². The van der Waals surface area contributed by atoms with Gasteiger partial charge < -0.3 is 18.9 Å². The Bertz CT molecular complexity index is 1580. The maximum absolute atomic E-state index is 12.1. The number of methoxy groups -OCH3 is 4. The third-order valence-electron chi connectivity index (χ3n) is 6.80. The van der Waals surface area contributed by atoms with Crippen LogP contribution in [0.15, 0.2) is 103 Å². The Hall–Kier alpha value is -5.37. The summed E-state index contributed by atoms with van der Waals surface area (Å²) in [5.74, 6) is 2.62. The largest absolute Gasteiger partial charge is 0.497 e. The molecule has 1 heterocycles. The first-order chi connectivity index (χ1) is 20.8. The van der Waals surface area contributed by atoms with Crippen LogP contribution < -0.4 is 18.9 Å². The third kappa shape index (κ3) is 7.89. The van der Waals surface area contributed by atoms with Crippen molar-refractivity contribution >= 4 is 11.6 Å². The minimum Gasteiger partial charge on any atom is -0.497 e. The molecule has 0 spiro atoms. The van der Waals surface area contributed by atoms with E-state index in [0.29, 0.717) is 22.6 Å². The molecule has 0 atom stereocenters. The van der Waals surface area contributed by atoms with Gasteiger partial charge in [0.1, 0.15) is 23.0 Å². The van der Waals surface area contributed by atoms with Gasteiger partial charge in [-0.3, -0.25) is 14.3 Å². The van der Waals surface area contributed by atoms with Crippen molar-refractivity contribution in [3.63, 3.8) is 0 Å². The molecule has 8 nitrogen and oxygen atoms in total. The van der Waals surface area contributed by atoms with Gasteiger partial charge in [-0.2, -0.15) is 5.10 Å². The van der Waals surface area contributed by atoms with E-state index in [0.717, 1.165) is 34.0 Å². The summed E-state index contributed by atoms with van der Waals surface area (Å²) in [5.41, 5.74) is 5.17. The van der Waals surface area contributed by atoms with Crippen molar-refractivity contribution in [2.75, 3.05) is 28.4 Å². The highest BCUT2D eigenvalue weighted by molar-refractivity contribution is 6.13. The molecule has 8 heteroatoms. The number of benzene rings is 4. The van der Waals surface area contributed by atoms with Crippen molar-refractivity contribution in [3.05, 3.63) is 114 Å². The lowest BCUT2D eigenvalue weighted by molar-refractivity contribution is 0.0894. The van der Waals surface area contributed by atoms with Gasteiger partial charge in [0, 0.05) is 29.3 Å². The van der Waals surface area contributed by atoms with E-state index in [1.54, 1.807) is 77.0 Å². The zero-order chi connectivity index (χ0) is 30.8. The number of ketones is 2. The Labute approximate surface area is 251 Å². The summed E-state index contributed by atoms with van der Waals surface area (Å²) in [4.78, 5) is 24.1. The molecule has 0 amide bonds. The molecule has 0 N–H and O–H groups in total. The Morgan fingerprint density at radius 2 is 0.907 bits per heavy atom. The SMILES string of the molecule is COc1ccc(-c2cc(-c3ccc(OC)cc3)n(C)n2)cc1.COc1ccc(C(=O)CC(=O)c2ccc(OC)cc2)cc1. The van der Waals surface area contributed by atoms with Gasteiger partial charge in [-0.05, 0) is 103 Å². The third-order valence-corrected chi connectivity index (χ3v) is 6.80. The molecule has 1 aromatic heterocycles. The Morgan fingerprint density at radius 3 is 1.28 bits per heavy atom. The minimum atomic E-state index is -0.210. The van der Waals surface area contributed by atoms with Crippen LogP contribution in [-0.2, 0) is 7.05 Å². The summed E-state index contributed by atoms with van der Waals surface area (Å²) in [6.07, 6.45) is -0.154. The summed E-state index contributed by atoms with van der Waals surface area (Å²) in [6, 6.07) is 31.4. The minimum absolute atomic E-state index is 0.154. The molecule has 0 aliphatic rings. The molecule has 0 radical (unpaired) electrons. The lowest BCUT2D eigenvalue weighted by Gasteiger charge is -2.04. The van der Waals surface area contributed by atoms with E-state index in [9.17, 15) is 9.59 Å². The second-order valence-corrected chi connectivity index (χ2v) is 9.48. The molecule has 220 valence electrons. The Balaban J connectivity index is 0.000000197. The maximum atomic E-state index is 12.1. The number of hydrogen-bond acceptors (Lipinski definition) is 7. The molecule has 0 aliphatic heterocycles. The van der Waals surface area contributed by atoms with Crippen LogP contribution in [0.1, 0.15) is 27.1 Å². The summed E-state index contributed by atoms with van der Waals surface area (Å²) in [7, 11) is 8.40. The van der Waals surface area contributed by atoms with Crippen molar-refractivity contribution < 1.29 is 28.5 Å². The first kappa shape index (κ1) is 30.6. The highest BCUT2D eigenvalue weighted by Crippen LogP contribution is 2.28. The normalized spacial score (nSPS) is 10.3. The summed E-state index contributed by atoms with van der Waals surface area (Å²) in [5, 5.41) is 4.60. The highest BCUT2D eigenvalue weighted by atomic mass is 16.5. The summed E-state index contributed by atoms with van der Waals surface area (Å²) < 4.78 is 22.3. The molecule has 5 aromatic rings. The molecule has 43 heavy (non-hydrogen) atoms. The second-order valence-electron chi connectivity index (χ2n) is 9.48. The number of ether oxygens (including phenoxy) is 4. The predicted molar refractivity (Wildman–Crippen MR) is 166 cm³/mol. The number of carbonyl (C=O) groups excluding carboxylic acids is 2. The predicted octanol–water partition coefficient (Wildman–Crippen LogP) is 6.93. The van der Waals surface area contributed by atoms with E-state index in [1.807, 2.05) is 60.3 Å². The van der Waals surface area contributed by atoms with E-state index in [4.69, 9.17) is 18.9 Å². The van der Waals surface area contributed by atoms with Crippen LogP contribution in [0.3, 0.4) is 0 Å². The van der Waals surface area contributed by atoms with E-state index in [2.05, 4.69) is 11.2 Å². The van der Waals surface area contributed by atoms with Crippen molar-refractivity contribution in [1.29, 1.82) is 0 Å². The van der Waals surface area contributed by atoms with Gasteiger partial charge in [0.15, 0.2) is 11.6 Å². The van der Waals surface area contributed by atoms with E-state index >= 15 is 0 Å². The molecule has 0 unspecified atom stereocenters. The van der Waals surface area contributed by atoms with Gasteiger partial charge in [0.2, 0.25) is 0 Å².